The number of amides is 2. The van der Waals surface area contributed by atoms with Gasteiger partial charge in [0.2, 0.25) is 0 Å². The van der Waals surface area contributed by atoms with Gasteiger partial charge in [-0.2, -0.15) is 13.5 Å². The van der Waals surface area contributed by atoms with E-state index in [1.54, 1.807) is 0 Å². The van der Waals surface area contributed by atoms with Crippen LogP contribution in [0, 0.1) is 0 Å². The number of ether oxygens (including phenoxy) is 1. The first-order chi connectivity index (χ1) is 16.7. The average Bonchev–Trinajstić information content (AvgIpc) is 3.39. The highest BCUT2D eigenvalue weighted by Crippen LogP contribution is 2.30. The minimum atomic E-state index is -4.61. The SMILES string of the molecule is CN(C)C(=O)Oc1ccc(C[C@@H](C(=O)O)N(C(=O)[C@H]2NC(C)(C)CS2)S(=O)(=O)c2ccn(C)n2)cc1. The number of nitrogens with zero attached hydrogens (tertiary/aromatic N) is 4. The second-order valence-corrected chi connectivity index (χ2v) is 12.0. The zero-order valence-corrected chi connectivity index (χ0v) is 22.2. The zero-order chi connectivity index (χ0) is 26.8. The molecular formula is C22H29N5O7S2. The molecule has 2 N–H and O–H groups in total. The molecule has 2 aromatic rings. The third-order valence-corrected chi connectivity index (χ3v) is 8.52. The van der Waals surface area contributed by atoms with Crippen molar-refractivity contribution in [2.45, 2.75) is 42.2 Å². The van der Waals surface area contributed by atoms with Gasteiger partial charge in [0.05, 0.1) is 0 Å². The molecule has 196 valence electrons. The summed E-state index contributed by atoms with van der Waals surface area (Å²) in [5.41, 5.74) is -0.0160. The lowest BCUT2D eigenvalue weighted by Gasteiger charge is -2.30. The highest BCUT2D eigenvalue weighted by molar-refractivity contribution is 8.01. The molecule has 0 radical (unpaired) electrons. The van der Waals surface area contributed by atoms with Crippen LogP contribution in [0.15, 0.2) is 41.6 Å². The van der Waals surface area contributed by atoms with Crippen LogP contribution in [-0.2, 0) is 33.1 Å². The number of carbonyl (C=O) groups is 3. The Hall–Kier alpha value is -3.10. The zero-order valence-electron chi connectivity index (χ0n) is 20.5. The van der Waals surface area contributed by atoms with Crippen molar-refractivity contribution in [1.29, 1.82) is 0 Å². The number of carbonyl (C=O) groups excluding carboxylic acids is 2. The van der Waals surface area contributed by atoms with Crippen molar-refractivity contribution in [1.82, 2.24) is 24.3 Å². The largest absolute Gasteiger partial charge is 0.480 e. The van der Waals surface area contributed by atoms with Crippen molar-refractivity contribution in [3.8, 4) is 5.75 Å². The number of thioether (sulfide) groups is 1. The maximum Gasteiger partial charge on any atom is 0.414 e. The maximum absolute atomic E-state index is 13.5. The molecule has 2 amide bonds. The summed E-state index contributed by atoms with van der Waals surface area (Å²) in [5.74, 6) is -1.62. The molecule has 0 aliphatic carbocycles. The Morgan fingerprint density at radius 1 is 1.25 bits per heavy atom. The summed E-state index contributed by atoms with van der Waals surface area (Å²) >= 11 is 1.21. The summed E-state index contributed by atoms with van der Waals surface area (Å²) in [6.45, 7) is 3.73. The van der Waals surface area contributed by atoms with E-state index in [1.807, 2.05) is 13.8 Å². The molecule has 14 heteroatoms. The van der Waals surface area contributed by atoms with E-state index in [1.165, 1.54) is 79.0 Å². The summed E-state index contributed by atoms with van der Waals surface area (Å²) < 4.78 is 33.9. The van der Waals surface area contributed by atoms with Crippen molar-refractivity contribution >= 4 is 39.8 Å². The van der Waals surface area contributed by atoms with Crippen LogP contribution in [-0.4, -0.2) is 87.3 Å². The Morgan fingerprint density at radius 3 is 2.36 bits per heavy atom. The van der Waals surface area contributed by atoms with Crippen LogP contribution >= 0.6 is 11.8 Å². The molecule has 12 nitrogen and oxygen atoms in total. The van der Waals surface area contributed by atoms with E-state index in [2.05, 4.69) is 10.4 Å². The number of aryl methyl sites for hydroxylation is 1. The molecule has 0 bridgehead atoms. The molecule has 0 spiro atoms. The molecule has 0 unspecified atom stereocenters. The number of benzene rings is 1. The monoisotopic (exact) mass is 539 g/mol. The lowest BCUT2D eigenvalue weighted by atomic mass is 10.1. The van der Waals surface area contributed by atoms with Crippen LogP contribution in [0.4, 0.5) is 4.79 Å². The second-order valence-electron chi connectivity index (χ2n) is 9.15. The highest BCUT2D eigenvalue weighted by Gasteiger charge is 2.46. The average molecular weight is 540 g/mol. The van der Waals surface area contributed by atoms with Crippen molar-refractivity contribution in [2.24, 2.45) is 7.05 Å². The predicted octanol–water partition coefficient (Wildman–Crippen LogP) is 1.13. The van der Waals surface area contributed by atoms with Crippen LogP contribution in [0.25, 0.3) is 0 Å². The summed E-state index contributed by atoms with van der Waals surface area (Å²) in [6.07, 6.45) is 0.495. The Bertz CT molecular complexity index is 1240. The topological polar surface area (TPSA) is 151 Å². The summed E-state index contributed by atoms with van der Waals surface area (Å²) in [7, 11) is -0.0376. The summed E-state index contributed by atoms with van der Waals surface area (Å²) in [6, 6.07) is 5.41. The fourth-order valence-electron chi connectivity index (χ4n) is 3.43. The van der Waals surface area contributed by atoms with Gasteiger partial charge in [0.15, 0.2) is 5.03 Å². The smallest absolute Gasteiger partial charge is 0.414 e. The van der Waals surface area contributed by atoms with Gasteiger partial charge in [-0.1, -0.05) is 12.1 Å². The highest BCUT2D eigenvalue weighted by atomic mass is 32.2. The molecule has 2 atom stereocenters. The molecule has 2 heterocycles. The summed E-state index contributed by atoms with van der Waals surface area (Å²) in [4.78, 5) is 38.9. The van der Waals surface area contributed by atoms with Crippen LogP contribution in [0.5, 0.6) is 5.75 Å². The van der Waals surface area contributed by atoms with Gasteiger partial charge in [0.1, 0.15) is 17.2 Å². The molecular weight excluding hydrogens is 510 g/mol. The maximum atomic E-state index is 13.5. The number of carboxylic acids is 1. The molecule has 1 aliphatic heterocycles. The van der Waals surface area contributed by atoms with Crippen LogP contribution < -0.4 is 10.1 Å². The fraction of sp³-hybridized carbons (Fsp3) is 0.455. The number of nitrogens with one attached hydrogen (secondary N) is 1. The minimum absolute atomic E-state index is 0.229. The molecule has 1 fully saturated rings. The first kappa shape index (κ1) is 27.5. The van der Waals surface area contributed by atoms with Crippen molar-refractivity contribution < 1.29 is 32.6 Å². The van der Waals surface area contributed by atoms with Crippen molar-refractivity contribution in [2.75, 3.05) is 19.8 Å². The van der Waals surface area contributed by atoms with Gasteiger partial charge in [0, 0.05) is 45.1 Å². The first-order valence-electron chi connectivity index (χ1n) is 10.9. The van der Waals surface area contributed by atoms with Crippen LogP contribution in [0.3, 0.4) is 0 Å². The molecule has 36 heavy (non-hydrogen) atoms. The summed E-state index contributed by atoms with van der Waals surface area (Å²) in [5, 5.41) is 15.7. The number of hydrogen-bond donors (Lipinski definition) is 2. The standard InChI is InChI=1S/C22H29N5O7S2/c1-22(2)13-35-18(23-22)19(28)27(36(32,33)17-10-11-26(5)24-17)16(20(29)30)12-14-6-8-15(9-7-14)34-21(31)25(3)4/h6-11,16,18,23H,12-13H2,1-5H3,(H,29,30)/t16-,18-/m0/s1. The molecule has 1 saturated heterocycles. The Kier molecular flexibility index (Phi) is 8.00. The number of aromatic nitrogens is 2. The van der Waals surface area contributed by atoms with E-state index in [-0.39, 0.29) is 12.2 Å². The Labute approximate surface area is 213 Å². The van der Waals surface area contributed by atoms with Gasteiger partial charge in [-0.3, -0.25) is 14.8 Å². The third kappa shape index (κ3) is 6.17. The van der Waals surface area contributed by atoms with E-state index in [4.69, 9.17) is 4.74 Å². The van der Waals surface area contributed by atoms with Gasteiger partial charge in [-0.25, -0.2) is 13.9 Å². The van der Waals surface area contributed by atoms with Crippen LogP contribution in [0.1, 0.15) is 19.4 Å². The van der Waals surface area contributed by atoms with Gasteiger partial charge >= 0.3 is 12.1 Å². The van der Waals surface area contributed by atoms with Gasteiger partial charge in [0.25, 0.3) is 15.9 Å². The first-order valence-corrected chi connectivity index (χ1v) is 13.4. The van der Waals surface area contributed by atoms with Gasteiger partial charge in [-0.05, 0) is 37.6 Å². The molecule has 1 aromatic heterocycles. The van der Waals surface area contributed by atoms with E-state index < -0.39 is 50.0 Å². The molecule has 3 rings (SSSR count). The van der Waals surface area contributed by atoms with Crippen molar-refractivity contribution in [3.63, 3.8) is 0 Å². The van der Waals surface area contributed by atoms with E-state index in [0.717, 1.165) is 0 Å². The van der Waals surface area contributed by atoms with E-state index >= 15 is 0 Å². The molecule has 1 aliphatic rings. The number of sulfonamides is 1. The van der Waals surface area contributed by atoms with Crippen molar-refractivity contribution in [3.05, 3.63) is 42.1 Å². The molecule has 1 aromatic carbocycles. The lowest BCUT2D eigenvalue weighted by Crippen LogP contribution is -2.55. The minimum Gasteiger partial charge on any atom is -0.480 e. The number of carboxylic acid groups (broad SMARTS) is 1. The third-order valence-electron chi connectivity index (χ3n) is 5.28. The van der Waals surface area contributed by atoms with E-state index in [9.17, 15) is 27.9 Å². The Morgan fingerprint density at radius 2 is 1.89 bits per heavy atom. The number of rotatable bonds is 8. The second kappa shape index (κ2) is 10.5. The normalized spacial score (nSPS) is 17.9. The number of aliphatic carboxylic acids is 1. The molecule has 0 saturated carbocycles. The lowest BCUT2D eigenvalue weighted by molar-refractivity contribution is -0.146. The van der Waals surface area contributed by atoms with Gasteiger partial charge < -0.3 is 14.7 Å². The number of hydrogen-bond acceptors (Lipinski definition) is 9. The predicted molar refractivity (Wildman–Crippen MR) is 132 cm³/mol. The fourth-order valence-corrected chi connectivity index (χ4v) is 6.33. The Balaban J connectivity index is 1.96. The van der Waals surface area contributed by atoms with Crippen LogP contribution in [0.2, 0.25) is 0 Å². The quantitative estimate of drug-likeness (QED) is 0.500. The van der Waals surface area contributed by atoms with E-state index in [0.29, 0.717) is 15.6 Å². The van der Waals surface area contributed by atoms with Gasteiger partial charge in [-0.15, -0.1) is 11.8 Å².